The molecule has 2 aromatic carbocycles. The molecule has 4 heterocycles. The molecule has 0 radical (unpaired) electrons. The molecule has 1 amide bonds. The highest BCUT2D eigenvalue weighted by molar-refractivity contribution is 7.99. The van der Waals surface area contributed by atoms with Gasteiger partial charge in [0.25, 0.3) is 5.91 Å². The number of pyridine rings is 1. The van der Waals surface area contributed by atoms with Crippen LogP contribution in [0.15, 0.2) is 96.5 Å². The van der Waals surface area contributed by atoms with E-state index in [4.69, 9.17) is 4.84 Å². The van der Waals surface area contributed by atoms with E-state index in [1.165, 1.54) is 0 Å². The minimum atomic E-state index is -0.119. The molecular weight excluding hydrogens is 615 g/mol. The topological polar surface area (TPSA) is 75.0 Å². The highest BCUT2D eigenvalue weighted by atomic mass is 35.5. The van der Waals surface area contributed by atoms with Crippen molar-refractivity contribution in [2.75, 3.05) is 51.7 Å². The fourth-order valence-electron chi connectivity index (χ4n) is 5.42. The van der Waals surface area contributed by atoms with Gasteiger partial charge in [0.15, 0.2) is 0 Å². The maximum Gasteiger partial charge on any atom is 0.257 e. The first-order valence-corrected chi connectivity index (χ1v) is 15.5. The molecule has 0 bridgehead atoms. The number of hydrogen-bond donors (Lipinski definition) is 1. The van der Waals surface area contributed by atoms with Gasteiger partial charge in [-0.25, -0.2) is 0 Å². The van der Waals surface area contributed by atoms with Crippen LogP contribution in [-0.2, 0) is 10.6 Å². The van der Waals surface area contributed by atoms with Gasteiger partial charge in [0.1, 0.15) is 17.7 Å². The van der Waals surface area contributed by atoms with E-state index in [0.717, 1.165) is 73.0 Å². The lowest BCUT2D eigenvalue weighted by Crippen LogP contribution is -2.44. The van der Waals surface area contributed by atoms with E-state index in [1.807, 2.05) is 79.1 Å². The zero-order chi connectivity index (χ0) is 28.7. The third kappa shape index (κ3) is 8.02. The van der Waals surface area contributed by atoms with E-state index < -0.39 is 0 Å². The summed E-state index contributed by atoms with van der Waals surface area (Å²) in [6.07, 6.45) is 6.59. The summed E-state index contributed by atoms with van der Waals surface area (Å²) in [5.74, 6) is 0.651. The van der Waals surface area contributed by atoms with Crippen LogP contribution in [0.2, 0.25) is 0 Å². The van der Waals surface area contributed by atoms with Crippen molar-refractivity contribution >= 4 is 53.9 Å². The molecule has 8 nitrogen and oxygen atoms in total. The standard InChI is InChI=1S/C33H36N6O2S.2ClH/c1-37-17-19-38(20-18-37)15-7-21-41-36-31(25-8-3-2-4-9-25)26-10-5-12-28(22-26)35-32(40)29-13-16-39-30(29)24-42-33(39)27-11-6-14-34-23-27;;/h2-6,8-14,16,22-23,33H,7,15,17-21,24H2,1H3,(H,35,40);2*1H/b36-31+;;. The van der Waals surface area contributed by atoms with Gasteiger partial charge in [-0.1, -0.05) is 53.7 Å². The number of hydrogen-bond acceptors (Lipinski definition) is 7. The van der Waals surface area contributed by atoms with Gasteiger partial charge < -0.3 is 24.5 Å². The van der Waals surface area contributed by atoms with Crippen molar-refractivity contribution in [3.63, 3.8) is 0 Å². The van der Waals surface area contributed by atoms with Gasteiger partial charge in [0.2, 0.25) is 0 Å². The molecule has 1 saturated heterocycles. The summed E-state index contributed by atoms with van der Waals surface area (Å²) in [5.41, 5.74) is 6.15. The molecule has 232 valence electrons. The van der Waals surface area contributed by atoms with Gasteiger partial charge in [-0.3, -0.25) is 9.78 Å². The molecule has 44 heavy (non-hydrogen) atoms. The smallest absolute Gasteiger partial charge is 0.257 e. The second kappa shape index (κ2) is 16.1. The summed E-state index contributed by atoms with van der Waals surface area (Å²) in [4.78, 5) is 28.4. The van der Waals surface area contributed by atoms with Crippen LogP contribution in [0.25, 0.3) is 0 Å². The molecule has 1 unspecified atom stereocenters. The summed E-state index contributed by atoms with van der Waals surface area (Å²) >= 11 is 1.80. The predicted octanol–water partition coefficient (Wildman–Crippen LogP) is 6.18. The number of benzene rings is 2. The summed E-state index contributed by atoms with van der Waals surface area (Å²) in [6.45, 7) is 5.99. The number of likely N-dealkylation sites (N-methyl/N-ethyl adjacent to an activating group) is 1. The Morgan fingerprint density at radius 3 is 2.57 bits per heavy atom. The lowest BCUT2D eigenvalue weighted by molar-refractivity contribution is 0.102. The van der Waals surface area contributed by atoms with Crippen molar-refractivity contribution in [1.82, 2.24) is 19.4 Å². The zero-order valence-electron chi connectivity index (χ0n) is 24.7. The number of aromatic nitrogens is 2. The Balaban J connectivity index is 0.00000221. The highest BCUT2D eigenvalue weighted by Gasteiger charge is 2.28. The van der Waals surface area contributed by atoms with Crippen molar-refractivity contribution in [2.45, 2.75) is 17.5 Å². The number of halogens is 2. The van der Waals surface area contributed by atoms with Gasteiger partial charge in [-0.15, -0.1) is 36.6 Å². The number of fused-ring (bicyclic) bond motifs is 1. The van der Waals surface area contributed by atoms with Crippen molar-refractivity contribution in [3.05, 3.63) is 119 Å². The Hall–Kier alpha value is -3.34. The monoisotopic (exact) mass is 652 g/mol. The molecule has 0 saturated carbocycles. The first-order valence-electron chi connectivity index (χ1n) is 14.4. The van der Waals surface area contributed by atoms with Crippen LogP contribution < -0.4 is 5.32 Å². The van der Waals surface area contributed by atoms with E-state index >= 15 is 0 Å². The van der Waals surface area contributed by atoms with Crippen molar-refractivity contribution < 1.29 is 9.63 Å². The lowest BCUT2D eigenvalue weighted by Gasteiger charge is -2.32. The Kier molecular flexibility index (Phi) is 12.3. The number of thioether (sulfide) groups is 1. The Morgan fingerprint density at radius 1 is 1.00 bits per heavy atom. The van der Waals surface area contributed by atoms with Crippen molar-refractivity contribution in [3.8, 4) is 0 Å². The van der Waals surface area contributed by atoms with Crippen molar-refractivity contribution in [2.24, 2.45) is 5.16 Å². The first-order chi connectivity index (χ1) is 20.7. The van der Waals surface area contributed by atoms with Crippen molar-refractivity contribution in [1.29, 1.82) is 0 Å². The molecular formula is C33H38Cl2N6O2S. The molecule has 6 rings (SSSR count). The number of anilines is 1. The number of piperazine rings is 1. The quantitative estimate of drug-likeness (QED) is 0.125. The summed E-state index contributed by atoms with van der Waals surface area (Å²) in [5, 5.41) is 7.82. The van der Waals surface area contributed by atoms with Gasteiger partial charge >= 0.3 is 0 Å². The minimum absolute atomic E-state index is 0. The van der Waals surface area contributed by atoms with Gasteiger partial charge in [0.05, 0.1) is 5.56 Å². The molecule has 0 aliphatic carbocycles. The Bertz CT molecular complexity index is 1530. The molecule has 2 aromatic heterocycles. The fraction of sp³-hybridized carbons (Fsp3) is 0.303. The van der Waals surface area contributed by atoms with Crippen LogP contribution >= 0.6 is 36.6 Å². The average molecular weight is 654 g/mol. The van der Waals surface area contributed by atoms with Crippen LogP contribution in [0.3, 0.4) is 0 Å². The third-order valence-electron chi connectivity index (χ3n) is 7.77. The molecule has 1 atom stereocenters. The van der Waals surface area contributed by atoms with E-state index in [9.17, 15) is 4.79 Å². The SMILES string of the molecule is CN1CCN(CCCO/N=C(\c2ccccc2)c2cccc(NC(=O)c3ccn4c3CSC4c3cccnc3)c2)CC1.Cl.Cl. The Morgan fingerprint density at radius 2 is 1.80 bits per heavy atom. The van der Waals surface area contributed by atoms with Crippen LogP contribution in [0.1, 0.15) is 44.5 Å². The number of rotatable bonds is 10. The molecule has 1 N–H and O–H groups in total. The fourth-order valence-corrected chi connectivity index (χ4v) is 6.73. The van der Waals surface area contributed by atoms with Crippen LogP contribution in [0.4, 0.5) is 5.69 Å². The van der Waals surface area contributed by atoms with Gasteiger partial charge in [0, 0.05) is 85.1 Å². The van der Waals surface area contributed by atoms with Gasteiger partial charge in [-0.2, -0.15) is 0 Å². The summed E-state index contributed by atoms with van der Waals surface area (Å²) in [6, 6.07) is 23.8. The Labute approximate surface area is 275 Å². The van der Waals surface area contributed by atoms with Crippen LogP contribution in [-0.4, -0.2) is 77.3 Å². The number of carbonyl (C=O) groups excluding carboxylic acids is 1. The maximum atomic E-state index is 13.4. The third-order valence-corrected chi connectivity index (χ3v) is 9.03. The highest BCUT2D eigenvalue weighted by Crippen LogP contribution is 2.42. The van der Waals surface area contributed by atoms with E-state index in [0.29, 0.717) is 17.9 Å². The second-order valence-electron chi connectivity index (χ2n) is 10.7. The predicted molar refractivity (Wildman–Crippen MR) is 184 cm³/mol. The van der Waals surface area contributed by atoms with Crippen LogP contribution in [0.5, 0.6) is 0 Å². The van der Waals surface area contributed by atoms with Crippen LogP contribution in [0, 0.1) is 0 Å². The molecule has 2 aliphatic rings. The molecule has 1 fully saturated rings. The maximum absolute atomic E-state index is 13.4. The lowest BCUT2D eigenvalue weighted by atomic mass is 10.0. The number of oxime groups is 1. The van der Waals surface area contributed by atoms with E-state index in [1.54, 1.807) is 18.0 Å². The van der Waals surface area contributed by atoms with E-state index in [2.05, 4.69) is 42.9 Å². The molecule has 2 aliphatic heterocycles. The number of carbonyl (C=O) groups is 1. The van der Waals surface area contributed by atoms with E-state index in [-0.39, 0.29) is 36.1 Å². The first kappa shape index (κ1) is 33.6. The summed E-state index contributed by atoms with van der Waals surface area (Å²) in [7, 11) is 2.17. The minimum Gasteiger partial charge on any atom is -0.395 e. The molecule has 0 spiro atoms. The molecule has 11 heteroatoms. The average Bonchev–Trinajstić information content (AvgIpc) is 3.64. The number of amides is 1. The van der Waals surface area contributed by atoms with Gasteiger partial charge in [-0.05, 0) is 37.7 Å². The zero-order valence-corrected chi connectivity index (χ0v) is 27.1. The largest absolute Gasteiger partial charge is 0.395 e. The number of nitrogens with one attached hydrogen (secondary N) is 1. The normalized spacial score (nSPS) is 16.8. The summed E-state index contributed by atoms with van der Waals surface area (Å²) < 4.78 is 2.17. The second-order valence-corrected chi connectivity index (χ2v) is 11.8. The number of nitrogens with zero attached hydrogens (tertiary/aromatic N) is 5. The molecule has 4 aromatic rings.